The van der Waals surface area contributed by atoms with Gasteiger partial charge in [-0.05, 0) is 74.6 Å². The van der Waals surface area contributed by atoms with Crippen molar-refractivity contribution < 1.29 is 9.59 Å². The summed E-state index contributed by atoms with van der Waals surface area (Å²) in [6, 6.07) is 6.39. The molecule has 2 aliphatic heterocycles. The maximum atomic E-state index is 12.9. The molecular weight excluding hydrogens is 344 g/mol. The van der Waals surface area contributed by atoms with Crippen molar-refractivity contribution >= 4 is 23.6 Å². The Morgan fingerprint density at radius 2 is 1.73 bits per heavy atom. The summed E-state index contributed by atoms with van der Waals surface area (Å²) in [5.41, 5.74) is 2.91. The summed E-state index contributed by atoms with van der Waals surface area (Å²) >= 11 is 1.62. The van der Waals surface area contributed by atoms with Crippen LogP contribution in [0, 0.1) is 0 Å². The van der Waals surface area contributed by atoms with E-state index in [0.29, 0.717) is 5.75 Å². The van der Waals surface area contributed by atoms with Gasteiger partial charge in [0.05, 0.1) is 5.75 Å². The summed E-state index contributed by atoms with van der Waals surface area (Å²) < 4.78 is 0. The van der Waals surface area contributed by atoms with Gasteiger partial charge in [-0.3, -0.25) is 9.59 Å². The van der Waals surface area contributed by atoms with Gasteiger partial charge in [0.25, 0.3) is 0 Å². The van der Waals surface area contributed by atoms with Crippen molar-refractivity contribution in [2.45, 2.75) is 62.3 Å². The standard InChI is InChI=1S/C21H28N2O2S/c24-20(15-26-18-10-9-16-6-5-7-17(16)14-18)23-13-2-1-8-19(23)21(25)22-11-3-4-12-22/h9-10,14,19H,1-8,11-13,15H2. The molecule has 1 unspecified atom stereocenters. The maximum Gasteiger partial charge on any atom is 0.245 e. The van der Waals surface area contributed by atoms with E-state index < -0.39 is 0 Å². The van der Waals surface area contributed by atoms with E-state index in [9.17, 15) is 9.59 Å². The fourth-order valence-corrected chi connectivity index (χ4v) is 5.35. The summed E-state index contributed by atoms with van der Waals surface area (Å²) in [5, 5.41) is 0. The van der Waals surface area contributed by atoms with Crippen LogP contribution in [0.2, 0.25) is 0 Å². The average molecular weight is 373 g/mol. The molecule has 1 aliphatic carbocycles. The molecule has 0 aromatic heterocycles. The van der Waals surface area contributed by atoms with Crippen molar-refractivity contribution in [3.63, 3.8) is 0 Å². The van der Waals surface area contributed by atoms with Crippen LogP contribution < -0.4 is 0 Å². The van der Waals surface area contributed by atoms with Crippen molar-refractivity contribution in [3.8, 4) is 0 Å². The molecule has 1 aromatic rings. The van der Waals surface area contributed by atoms with Crippen molar-refractivity contribution in [1.29, 1.82) is 0 Å². The van der Waals surface area contributed by atoms with Crippen LogP contribution in [0.5, 0.6) is 0 Å². The number of fused-ring (bicyclic) bond motifs is 1. The fourth-order valence-electron chi connectivity index (χ4n) is 4.50. The first-order valence-corrected chi connectivity index (χ1v) is 11.0. The van der Waals surface area contributed by atoms with Gasteiger partial charge < -0.3 is 9.80 Å². The van der Waals surface area contributed by atoms with Gasteiger partial charge in [0.15, 0.2) is 0 Å². The van der Waals surface area contributed by atoms with Gasteiger partial charge >= 0.3 is 0 Å². The Morgan fingerprint density at radius 3 is 2.58 bits per heavy atom. The van der Waals surface area contributed by atoms with Gasteiger partial charge in [0, 0.05) is 24.5 Å². The van der Waals surface area contributed by atoms with E-state index in [4.69, 9.17) is 0 Å². The van der Waals surface area contributed by atoms with Gasteiger partial charge in [-0.15, -0.1) is 11.8 Å². The molecule has 2 fully saturated rings. The lowest BCUT2D eigenvalue weighted by atomic mass is 10.0. The van der Waals surface area contributed by atoms with Crippen LogP contribution in [0.4, 0.5) is 0 Å². The molecular formula is C21H28N2O2S. The highest BCUT2D eigenvalue weighted by Crippen LogP contribution is 2.28. The van der Waals surface area contributed by atoms with Crippen LogP contribution in [0.1, 0.15) is 49.7 Å². The van der Waals surface area contributed by atoms with E-state index in [1.54, 1.807) is 11.8 Å². The molecule has 0 N–H and O–H groups in total. The molecule has 1 aromatic carbocycles. The van der Waals surface area contributed by atoms with Gasteiger partial charge in [-0.25, -0.2) is 0 Å². The van der Waals surface area contributed by atoms with Crippen molar-refractivity contribution in [1.82, 2.24) is 9.80 Å². The lowest BCUT2D eigenvalue weighted by Crippen LogP contribution is -2.53. The Labute approximate surface area is 160 Å². The number of thioether (sulfide) groups is 1. The number of hydrogen-bond acceptors (Lipinski definition) is 3. The van der Waals surface area contributed by atoms with Crippen LogP contribution >= 0.6 is 11.8 Å². The zero-order chi connectivity index (χ0) is 17.9. The minimum absolute atomic E-state index is 0.118. The van der Waals surface area contributed by atoms with Gasteiger partial charge in [0.2, 0.25) is 11.8 Å². The first-order valence-electron chi connectivity index (χ1n) is 10.1. The fraction of sp³-hybridized carbons (Fsp3) is 0.619. The second kappa shape index (κ2) is 8.03. The molecule has 4 rings (SSSR count). The highest BCUT2D eigenvalue weighted by molar-refractivity contribution is 8.00. The third kappa shape index (κ3) is 3.78. The molecule has 140 valence electrons. The molecule has 1 atom stereocenters. The van der Waals surface area contributed by atoms with E-state index in [1.165, 1.54) is 28.9 Å². The molecule has 2 heterocycles. The zero-order valence-corrected chi connectivity index (χ0v) is 16.2. The minimum Gasteiger partial charge on any atom is -0.341 e. The third-order valence-corrected chi connectivity index (χ3v) is 6.94. The predicted molar refractivity (Wildman–Crippen MR) is 104 cm³/mol. The smallest absolute Gasteiger partial charge is 0.245 e. The summed E-state index contributed by atoms with van der Waals surface area (Å²) in [7, 11) is 0. The third-order valence-electron chi connectivity index (χ3n) is 5.96. The van der Waals surface area contributed by atoms with E-state index in [0.717, 1.165) is 58.2 Å². The molecule has 0 bridgehead atoms. The predicted octanol–water partition coefficient (Wildman–Crippen LogP) is 3.27. The molecule has 0 saturated carbocycles. The summed E-state index contributed by atoms with van der Waals surface area (Å²) in [6.45, 7) is 2.45. The Morgan fingerprint density at radius 1 is 0.962 bits per heavy atom. The molecule has 2 saturated heterocycles. The van der Waals surface area contributed by atoms with Crippen LogP contribution in [0.15, 0.2) is 23.1 Å². The van der Waals surface area contributed by atoms with Crippen LogP contribution in [0.3, 0.4) is 0 Å². The van der Waals surface area contributed by atoms with Gasteiger partial charge in [0.1, 0.15) is 6.04 Å². The highest BCUT2D eigenvalue weighted by Gasteiger charge is 2.35. The Kier molecular flexibility index (Phi) is 5.53. The zero-order valence-electron chi connectivity index (χ0n) is 15.4. The number of benzene rings is 1. The van der Waals surface area contributed by atoms with Crippen LogP contribution in [-0.2, 0) is 22.4 Å². The van der Waals surface area contributed by atoms with Crippen LogP contribution in [0.25, 0.3) is 0 Å². The molecule has 0 spiro atoms. The monoisotopic (exact) mass is 372 g/mol. The number of carbonyl (C=O) groups excluding carboxylic acids is 2. The largest absolute Gasteiger partial charge is 0.341 e. The number of piperidine rings is 1. The number of amides is 2. The normalized spacial score (nSPS) is 22.5. The number of likely N-dealkylation sites (tertiary alicyclic amines) is 2. The molecule has 4 nitrogen and oxygen atoms in total. The highest BCUT2D eigenvalue weighted by atomic mass is 32.2. The second-order valence-corrected chi connectivity index (χ2v) is 8.75. The first-order chi connectivity index (χ1) is 12.7. The second-order valence-electron chi connectivity index (χ2n) is 7.70. The topological polar surface area (TPSA) is 40.6 Å². The number of aryl methyl sites for hydroxylation is 2. The Balaban J connectivity index is 1.38. The molecule has 26 heavy (non-hydrogen) atoms. The lowest BCUT2D eigenvalue weighted by molar-refractivity contribution is -0.145. The summed E-state index contributed by atoms with van der Waals surface area (Å²) in [6.07, 6.45) is 8.68. The summed E-state index contributed by atoms with van der Waals surface area (Å²) in [4.78, 5) is 30.7. The molecule has 5 heteroatoms. The quantitative estimate of drug-likeness (QED) is 0.762. The van der Waals surface area contributed by atoms with E-state index >= 15 is 0 Å². The van der Waals surface area contributed by atoms with E-state index in [1.807, 2.05) is 9.80 Å². The van der Waals surface area contributed by atoms with Crippen molar-refractivity contribution in [3.05, 3.63) is 29.3 Å². The van der Waals surface area contributed by atoms with Crippen molar-refractivity contribution in [2.24, 2.45) is 0 Å². The number of nitrogens with zero attached hydrogens (tertiary/aromatic N) is 2. The number of rotatable bonds is 4. The van der Waals surface area contributed by atoms with Gasteiger partial charge in [-0.1, -0.05) is 6.07 Å². The van der Waals surface area contributed by atoms with E-state index in [2.05, 4.69) is 18.2 Å². The van der Waals surface area contributed by atoms with E-state index in [-0.39, 0.29) is 17.9 Å². The lowest BCUT2D eigenvalue weighted by Gasteiger charge is -2.36. The van der Waals surface area contributed by atoms with Crippen molar-refractivity contribution in [2.75, 3.05) is 25.4 Å². The SMILES string of the molecule is O=C(C1CCCCN1C(=O)CSc1ccc2c(c1)CCC2)N1CCCC1. The Bertz CT molecular complexity index is 685. The van der Waals surface area contributed by atoms with Gasteiger partial charge in [-0.2, -0.15) is 0 Å². The first kappa shape index (κ1) is 17.9. The summed E-state index contributed by atoms with van der Waals surface area (Å²) in [5.74, 6) is 0.730. The molecule has 0 radical (unpaired) electrons. The molecule has 2 amide bonds. The Hall–Kier alpha value is -1.49. The maximum absolute atomic E-state index is 12.9. The minimum atomic E-state index is -0.227. The average Bonchev–Trinajstić information content (AvgIpc) is 3.36. The number of hydrogen-bond donors (Lipinski definition) is 0. The number of carbonyl (C=O) groups is 2. The van der Waals surface area contributed by atoms with Crippen LogP contribution in [-0.4, -0.2) is 53.0 Å². The molecule has 3 aliphatic rings.